The molecule has 1 saturated carbocycles. The second-order valence-corrected chi connectivity index (χ2v) is 11.5. The summed E-state index contributed by atoms with van der Waals surface area (Å²) in [6, 6.07) is 4.92. The number of carbonyl (C=O) groups excluding carboxylic acids is 2. The highest BCUT2D eigenvalue weighted by Crippen LogP contribution is 2.48. The minimum atomic E-state index is -4.97. The van der Waals surface area contributed by atoms with E-state index in [9.17, 15) is 28.0 Å². The van der Waals surface area contributed by atoms with Gasteiger partial charge in [0, 0.05) is 31.0 Å². The number of nitrogens with zero attached hydrogens (tertiary/aromatic N) is 5. The summed E-state index contributed by atoms with van der Waals surface area (Å²) in [5.74, 6) is -1.44. The molecule has 3 atom stereocenters. The molecule has 220 valence electrons. The van der Waals surface area contributed by atoms with Crippen molar-refractivity contribution in [2.24, 2.45) is 0 Å². The molecular formula is C28H27F3N6O4S. The van der Waals surface area contributed by atoms with E-state index >= 15 is 0 Å². The molecule has 3 aromatic rings. The van der Waals surface area contributed by atoms with Gasteiger partial charge >= 0.3 is 6.36 Å². The van der Waals surface area contributed by atoms with Gasteiger partial charge in [-0.3, -0.25) is 19.6 Å². The van der Waals surface area contributed by atoms with Crippen molar-refractivity contribution in [2.45, 2.75) is 63.6 Å². The molecule has 1 saturated heterocycles. The molecule has 2 fully saturated rings. The standard InChI is InChI=1S/C28H27F3N6O4S/c1-15-12-37(13-16(2)40-15)26(39)21-11-35-25(42-21)23-22(33-6-7-34-23)17(3)36-24(38)18-8-19(27(14-32)4-5-27)10-20(9-18)41-28(29,30)31/h6-11,15-17H,4-5,12-13H2,1-3H3,(H,36,38)/t15-,16+,17-/m0/s1. The van der Waals surface area contributed by atoms with Crippen molar-refractivity contribution < 1.29 is 32.2 Å². The average molecular weight is 601 g/mol. The molecule has 1 aromatic carbocycles. The van der Waals surface area contributed by atoms with E-state index in [0.29, 0.717) is 47.2 Å². The number of ether oxygens (including phenoxy) is 2. The van der Waals surface area contributed by atoms with E-state index in [1.165, 1.54) is 24.7 Å². The van der Waals surface area contributed by atoms with E-state index in [2.05, 4.69) is 31.1 Å². The van der Waals surface area contributed by atoms with Crippen molar-refractivity contribution in [3.8, 4) is 22.5 Å². The predicted octanol–water partition coefficient (Wildman–Crippen LogP) is 4.79. The first-order chi connectivity index (χ1) is 19.9. The zero-order valence-corrected chi connectivity index (χ0v) is 23.8. The summed E-state index contributed by atoms with van der Waals surface area (Å²) in [4.78, 5) is 41.7. The van der Waals surface area contributed by atoms with E-state index in [-0.39, 0.29) is 29.2 Å². The molecule has 0 radical (unpaired) electrons. The monoisotopic (exact) mass is 600 g/mol. The first-order valence-electron chi connectivity index (χ1n) is 13.2. The maximum absolute atomic E-state index is 13.3. The number of alkyl halides is 3. The molecule has 1 N–H and O–H groups in total. The normalized spacial score (nSPS) is 20.4. The number of nitrogens with one attached hydrogen (secondary N) is 1. The molecule has 3 heterocycles. The van der Waals surface area contributed by atoms with Crippen molar-refractivity contribution in [3.05, 3.63) is 58.5 Å². The number of thiazole rings is 1. The van der Waals surface area contributed by atoms with Crippen LogP contribution in [0.4, 0.5) is 13.2 Å². The van der Waals surface area contributed by atoms with E-state index in [1.54, 1.807) is 11.8 Å². The number of hydrogen-bond donors (Lipinski definition) is 1. The summed E-state index contributed by atoms with van der Waals surface area (Å²) < 4.78 is 48.8. The van der Waals surface area contributed by atoms with Crippen molar-refractivity contribution in [2.75, 3.05) is 13.1 Å². The van der Waals surface area contributed by atoms with Crippen LogP contribution in [0.15, 0.2) is 36.8 Å². The Kier molecular flexibility index (Phi) is 7.91. The van der Waals surface area contributed by atoms with Gasteiger partial charge in [-0.15, -0.1) is 24.5 Å². The lowest BCUT2D eigenvalue weighted by atomic mass is 9.95. The number of rotatable bonds is 7. The van der Waals surface area contributed by atoms with Gasteiger partial charge in [0.05, 0.1) is 41.6 Å². The van der Waals surface area contributed by atoms with Crippen LogP contribution in [-0.4, -0.2) is 63.3 Å². The number of morpholine rings is 1. The van der Waals surface area contributed by atoms with E-state index < -0.39 is 29.5 Å². The second-order valence-electron chi connectivity index (χ2n) is 10.5. The van der Waals surface area contributed by atoms with Gasteiger partial charge in [0.25, 0.3) is 11.8 Å². The highest BCUT2D eigenvalue weighted by atomic mass is 32.1. The van der Waals surface area contributed by atoms with Gasteiger partial charge < -0.3 is 19.7 Å². The summed E-state index contributed by atoms with van der Waals surface area (Å²) in [6.45, 7) is 6.38. The third kappa shape index (κ3) is 6.37. The molecule has 14 heteroatoms. The number of carbonyl (C=O) groups is 2. The Morgan fingerprint density at radius 2 is 1.86 bits per heavy atom. The van der Waals surface area contributed by atoms with Crippen LogP contribution in [0.2, 0.25) is 0 Å². The Labute approximate surface area is 243 Å². The maximum atomic E-state index is 13.3. The molecule has 0 unspecified atom stereocenters. The Morgan fingerprint density at radius 3 is 2.50 bits per heavy atom. The zero-order valence-electron chi connectivity index (χ0n) is 22.9. The van der Waals surface area contributed by atoms with Crippen LogP contribution in [0.5, 0.6) is 5.75 Å². The number of amides is 2. The van der Waals surface area contributed by atoms with E-state index in [1.807, 2.05) is 13.8 Å². The second kappa shape index (κ2) is 11.3. The number of halogens is 3. The molecular weight excluding hydrogens is 573 g/mol. The van der Waals surface area contributed by atoms with Crippen LogP contribution in [-0.2, 0) is 10.2 Å². The number of benzene rings is 1. The number of nitriles is 1. The molecule has 10 nitrogen and oxygen atoms in total. The molecule has 1 aliphatic heterocycles. The van der Waals surface area contributed by atoms with Gasteiger partial charge in [-0.05, 0) is 57.4 Å². The van der Waals surface area contributed by atoms with Crippen LogP contribution in [0.3, 0.4) is 0 Å². The summed E-state index contributed by atoms with van der Waals surface area (Å²) in [5, 5.41) is 12.7. The molecule has 0 spiro atoms. The fraction of sp³-hybridized carbons (Fsp3) is 0.429. The van der Waals surface area contributed by atoms with Gasteiger partial charge in [0.1, 0.15) is 21.3 Å². The Balaban J connectivity index is 1.37. The lowest BCUT2D eigenvalue weighted by Gasteiger charge is -2.35. The van der Waals surface area contributed by atoms with Crippen molar-refractivity contribution in [1.82, 2.24) is 25.2 Å². The third-order valence-electron chi connectivity index (χ3n) is 7.03. The zero-order chi connectivity index (χ0) is 30.2. The topological polar surface area (TPSA) is 130 Å². The lowest BCUT2D eigenvalue weighted by Crippen LogP contribution is -2.48. The van der Waals surface area contributed by atoms with E-state index in [4.69, 9.17) is 4.74 Å². The molecule has 2 aromatic heterocycles. The minimum absolute atomic E-state index is 0.0901. The highest BCUT2D eigenvalue weighted by molar-refractivity contribution is 7.16. The van der Waals surface area contributed by atoms with Gasteiger partial charge in [-0.1, -0.05) is 0 Å². The number of hydrogen-bond acceptors (Lipinski definition) is 9. The summed E-state index contributed by atoms with van der Waals surface area (Å²) >= 11 is 1.15. The summed E-state index contributed by atoms with van der Waals surface area (Å²) in [7, 11) is 0. The van der Waals surface area contributed by atoms with Crippen molar-refractivity contribution >= 4 is 23.2 Å². The smallest absolute Gasteiger partial charge is 0.406 e. The fourth-order valence-electron chi connectivity index (χ4n) is 4.95. The number of aromatic nitrogens is 3. The van der Waals surface area contributed by atoms with E-state index in [0.717, 1.165) is 23.5 Å². The molecule has 0 bridgehead atoms. The Morgan fingerprint density at radius 1 is 1.17 bits per heavy atom. The summed E-state index contributed by atoms with van der Waals surface area (Å²) in [6.07, 6.45) is 0.179. The SMILES string of the molecule is C[C@@H]1CN(C(=O)c2cnc(-c3nccnc3[C@H](C)NC(=O)c3cc(OC(F)(F)F)cc(C4(C#N)CC4)c3)s2)C[C@H](C)O1. The largest absolute Gasteiger partial charge is 0.573 e. The van der Waals surface area contributed by atoms with Gasteiger partial charge in [0.15, 0.2) is 0 Å². The molecule has 42 heavy (non-hydrogen) atoms. The van der Waals surface area contributed by atoms with Crippen molar-refractivity contribution in [3.63, 3.8) is 0 Å². The lowest BCUT2D eigenvalue weighted by molar-refractivity contribution is -0.274. The Hall–Kier alpha value is -4.09. The van der Waals surface area contributed by atoms with Gasteiger partial charge in [-0.2, -0.15) is 5.26 Å². The quantitative estimate of drug-likeness (QED) is 0.410. The van der Waals surface area contributed by atoms with Crippen LogP contribution in [0, 0.1) is 11.3 Å². The molecule has 1 aliphatic carbocycles. The third-order valence-corrected chi connectivity index (χ3v) is 8.02. The minimum Gasteiger partial charge on any atom is -0.406 e. The van der Waals surface area contributed by atoms with Crippen molar-refractivity contribution in [1.29, 1.82) is 5.26 Å². The Bertz CT molecular complexity index is 1540. The highest BCUT2D eigenvalue weighted by Gasteiger charge is 2.46. The van der Waals surface area contributed by atoms with Crippen LogP contribution in [0.1, 0.15) is 70.9 Å². The maximum Gasteiger partial charge on any atom is 0.573 e. The van der Waals surface area contributed by atoms with Crippen LogP contribution < -0.4 is 10.1 Å². The molecule has 2 aliphatic rings. The molecule has 2 amide bonds. The van der Waals surface area contributed by atoms with Crippen LogP contribution >= 0.6 is 11.3 Å². The average Bonchev–Trinajstić information content (AvgIpc) is 3.59. The summed E-state index contributed by atoms with van der Waals surface area (Å²) in [5.41, 5.74) is -0.0442. The van der Waals surface area contributed by atoms with Crippen LogP contribution in [0.25, 0.3) is 10.7 Å². The van der Waals surface area contributed by atoms with Gasteiger partial charge in [0.2, 0.25) is 0 Å². The fourth-order valence-corrected chi connectivity index (χ4v) is 5.84. The predicted molar refractivity (Wildman–Crippen MR) is 145 cm³/mol. The van der Waals surface area contributed by atoms with Gasteiger partial charge in [-0.25, -0.2) is 4.98 Å². The molecule has 5 rings (SSSR count). The first-order valence-corrected chi connectivity index (χ1v) is 14.0. The first kappa shape index (κ1) is 29.4.